The summed E-state index contributed by atoms with van der Waals surface area (Å²) in [7, 11) is 2.10. The molecule has 0 heterocycles. The van der Waals surface area contributed by atoms with Gasteiger partial charge in [0.15, 0.2) is 0 Å². The predicted molar refractivity (Wildman–Crippen MR) is 75.3 cm³/mol. The summed E-state index contributed by atoms with van der Waals surface area (Å²) in [6.07, 6.45) is 0.913. The number of aliphatic hydroxyl groups is 1. The highest BCUT2D eigenvalue weighted by Gasteiger charge is 2.14. The molecule has 2 atom stereocenters. The zero-order valence-corrected chi connectivity index (χ0v) is 12.5. The lowest BCUT2D eigenvalue weighted by molar-refractivity contribution is 0.101. The summed E-state index contributed by atoms with van der Waals surface area (Å²) in [5, 5.41) is 13.2. The number of nitrogens with one attached hydrogen (secondary N) is 1. The van der Waals surface area contributed by atoms with Crippen LogP contribution < -0.4 is 5.32 Å². The third-order valence-electron chi connectivity index (χ3n) is 3.00. The summed E-state index contributed by atoms with van der Waals surface area (Å²) in [5.74, 6) is 1.35. The molecule has 0 saturated heterocycles. The van der Waals surface area contributed by atoms with E-state index in [2.05, 4.69) is 51.9 Å². The second-order valence-corrected chi connectivity index (χ2v) is 6.12. The minimum atomic E-state index is -0.270. The molecule has 0 amide bonds. The van der Waals surface area contributed by atoms with Crippen molar-refractivity contribution >= 4 is 0 Å². The van der Waals surface area contributed by atoms with E-state index in [9.17, 15) is 5.11 Å². The lowest BCUT2D eigenvalue weighted by Crippen LogP contribution is -2.41. The zero-order valence-electron chi connectivity index (χ0n) is 12.5. The van der Waals surface area contributed by atoms with Crippen LogP contribution in [-0.4, -0.2) is 48.8 Å². The van der Waals surface area contributed by atoms with Crippen LogP contribution in [0, 0.1) is 11.8 Å². The highest BCUT2D eigenvalue weighted by Crippen LogP contribution is 2.09. The molecule has 2 unspecified atom stereocenters. The molecule has 0 aliphatic heterocycles. The molecule has 0 rings (SSSR count). The van der Waals surface area contributed by atoms with Gasteiger partial charge >= 0.3 is 0 Å². The first-order chi connectivity index (χ1) is 7.82. The predicted octanol–water partition coefficient (Wildman–Crippen LogP) is 1.96. The number of rotatable bonds is 9. The summed E-state index contributed by atoms with van der Waals surface area (Å²) in [5.41, 5.74) is 0. The smallest absolute Gasteiger partial charge is 0.0791 e. The second-order valence-electron chi connectivity index (χ2n) is 6.12. The van der Waals surface area contributed by atoms with Crippen molar-refractivity contribution in [3.63, 3.8) is 0 Å². The van der Waals surface area contributed by atoms with Gasteiger partial charge in [-0.3, -0.25) is 0 Å². The van der Waals surface area contributed by atoms with Gasteiger partial charge in [0, 0.05) is 19.1 Å². The van der Waals surface area contributed by atoms with Crippen molar-refractivity contribution in [1.82, 2.24) is 10.2 Å². The van der Waals surface area contributed by atoms with Gasteiger partial charge in [-0.2, -0.15) is 0 Å². The quantitative estimate of drug-likeness (QED) is 0.651. The van der Waals surface area contributed by atoms with Gasteiger partial charge in [-0.05, 0) is 38.8 Å². The Kier molecular flexibility index (Phi) is 8.83. The first kappa shape index (κ1) is 16.9. The molecule has 0 aliphatic rings. The van der Waals surface area contributed by atoms with Gasteiger partial charge in [-0.15, -0.1) is 0 Å². The van der Waals surface area contributed by atoms with E-state index in [4.69, 9.17) is 0 Å². The molecule has 3 heteroatoms. The molecular formula is C14H32N2O. The number of hydrogen-bond acceptors (Lipinski definition) is 3. The summed E-state index contributed by atoms with van der Waals surface area (Å²) < 4.78 is 0. The molecule has 0 radical (unpaired) electrons. The van der Waals surface area contributed by atoms with Crippen LogP contribution in [0.25, 0.3) is 0 Å². The fourth-order valence-corrected chi connectivity index (χ4v) is 1.98. The molecule has 3 nitrogen and oxygen atoms in total. The SMILES string of the molecule is CC(C)CNCC(O)CN(C)C(C)CC(C)C. The monoisotopic (exact) mass is 244 g/mol. The Bertz CT molecular complexity index is 183. The van der Waals surface area contributed by atoms with Crippen LogP contribution in [0.2, 0.25) is 0 Å². The van der Waals surface area contributed by atoms with Crippen LogP contribution >= 0.6 is 0 Å². The maximum atomic E-state index is 9.91. The largest absolute Gasteiger partial charge is 0.390 e. The standard InChI is InChI=1S/C14H32N2O/c1-11(2)7-13(5)16(6)10-14(17)9-15-8-12(3)4/h11-15,17H,7-10H2,1-6H3. The highest BCUT2D eigenvalue weighted by atomic mass is 16.3. The topological polar surface area (TPSA) is 35.5 Å². The Morgan fingerprint density at radius 3 is 2.06 bits per heavy atom. The van der Waals surface area contributed by atoms with Crippen molar-refractivity contribution in [3.05, 3.63) is 0 Å². The van der Waals surface area contributed by atoms with Crippen molar-refractivity contribution < 1.29 is 5.11 Å². The maximum Gasteiger partial charge on any atom is 0.0791 e. The number of likely N-dealkylation sites (N-methyl/N-ethyl adjacent to an activating group) is 1. The van der Waals surface area contributed by atoms with Crippen LogP contribution in [0.3, 0.4) is 0 Å². The molecule has 0 aromatic carbocycles. The number of hydrogen-bond donors (Lipinski definition) is 2. The van der Waals surface area contributed by atoms with Crippen molar-refractivity contribution in [2.75, 3.05) is 26.7 Å². The molecule has 0 saturated carbocycles. The van der Waals surface area contributed by atoms with E-state index in [1.807, 2.05) is 0 Å². The van der Waals surface area contributed by atoms with Crippen LogP contribution in [0.5, 0.6) is 0 Å². The summed E-state index contributed by atoms with van der Waals surface area (Å²) in [4.78, 5) is 2.25. The minimum absolute atomic E-state index is 0.270. The van der Waals surface area contributed by atoms with E-state index in [0.29, 0.717) is 24.4 Å². The van der Waals surface area contributed by atoms with Gasteiger partial charge in [0.1, 0.15) is 0 Å². The Morgan fingerprint density at radius 2 is 1.59 bits per heavy atom. The Morgan fingerprint density at radius 1 is 1.00 bits per heavy atom. The fourth-order valence-electron chi connectivity index (χ4n) is 1.98. The molecule has 0 fully saturated rings. The van der Waals surface area contributed by atoms with E-state index in [1.165, 1.54) is 6.42 Å². The second kappa shape index (κ2) is 8.90. The van der Waals surface area contributed by atoms with Crippen molar-refractivity contribution in [2.24, 2.45) is 11.8 Å². The molecule has 0 aliphatic carbocycles. The van der Waals surface area contributed by atoms with Crippen molar-refractivity contribution in [3.8, 4) is 0 Å². The Balaban J connectivity index is 3.74. The van der Waals surface area contributed by atoms with Crippen LogP contribution in [0.4, 0.5) is 0 Å². The minimum Gasteiger partial charge on any atom is -0.390 e. The van der Waals surface area contributed by atoms with Crippen LogP contribution in [-0.2, 0) is 0 Å². The molecule has 0 aromatic heterocycles. The van der Waals surface area contributed by atoms with E-state index < -0.39 is 0 Å². The first-order valence-corrected chi connectivity index (χ1v) is 6.91. The number of aliphatic hydroxyl groups excluding tert-OH is 1. The molecular weight excluding hydrogens is 212 g/mol. The van der Waals surface area contributed by atoms with Gasteiger partial charge in [0.05, 0.1) is 6.10 Å². The van der Waals surface area contributed by atoms with Gasteiger partial charge < -0.3 is 15.3 Å². The summed E-state index contributed by atoms with van der Waals surface area (Å²) >= 11 is 0. The lowest BCUT2D eigenvalue weighted by atomic mass is 10.0. The van der Waals surface area contributed by atoms with Gasteiger partial charge in [0.2, 0.25) is 0 Å². The van der Waals surface area contributed by atoms with E-state index in [0.717, 1.165) is 13.1 Å². The third-order valence-corrected chi connectivity index (χ3v) is 3.00. The summed E-state index contributed by atoms with van der Waals surface area (Å²) in [6.45, 7) is 13.5. The van der Waals surface area contributed by atoms with E-state index in [-0.39, 0.29) is 6.10 Å². The normalized spacial score (nSPS) is 15.9. The van der Waals surface area contributed by atoms with Crippen LogP contribution in [0.1, 0.15) is 41.0 Å². The zero-order chi connectivity index (χ0) is 13.4. The highest BCUT2D eigenvalue weighted by molar-refractivity contribution is 4.70. The molecule has 0 aromatic rings. The maximum absolute atomic E-state index is 9.91. The molecule has 104 valence electrons. The van der Waals surface area contributed by atoms with Crippen molar-refractivity contribution in [2.45, 2.75) is 53.2 Å². The Labute approximate surface area is 108 Å². The average molecular weight is 244 g/mol. The summed E-state index contributed by atoms with van der Waals surface area (Å²) in [6, 6.07) is 0.537. The third kappa shape index (κ3) is 9.57. The number of nitrogens with zero attached hydrogens (tertiary/aromatic N) is 1. The average Bonchev–Trinajstić information content (AvgIpc) is 2.15. The molecule has 17 heavy (non-hydrogen) atoms. The molecule has 0 spiro atoms. The van der Waals surface area contributed by atoms with E-state index >= 15 is 0 Å². The van der Waals surface area contributed by atoms with Gasteiger partial charge in [-0.25, -0.2) is 0 Å². The lowest BCUT2D eigenvalue weighted by Gasteiger charge is -2.28. The molecule has 2 N–H and O–H groups in total. The first-order valence-electron chi connectivity index (χ1n) is 6.91. The van der Waals surface area contributed by atoms with Crippen molar-refractivity contribution in [1.29, 1.82) is 0 Å². The van der Waals surface area contributed by atoms with Gasteiger partial charge in [0.25, 0.3) is 0 Å². The van der Waals surface area contributed by atoms with Crippen LogP contribution in [0.15, 0.2) is 0 Å². The Hall–Kier alpha value is -0.120. The van der Waals surface area contributed by atoms with Gasteiger partial charge in [-0.1, -0.05) is 27.7 Å². The fraction of sp³-hybridized carbons (Fsp3) is 1.00. The molecule has 0 bridgehead atoms. The van der Waals surface area contributed by atoms with E-state index in [1.54, 1.807) is 0 Å².